The highest BCUT2D eigenvalue weighted by Gasteiger charge is 2.37. The van der Waals surface area contributed by atoms with E-state index in [0.717, 1.165) is 22.2 Å². The van der Waals surface area contributed by atoms with Crippen LogP contribution in [0.4, 0.5) is 17.1 Å². The lowest BCUT2D eigenvalue weighted by Crippen LogP contribution is -2.30. The Kier molecular flexibility index (Phi) is 3.91. The lowest BCUT2D eigenvalue weighted by atomic mass is 9.73. The van der Waals surface area contributed by atoms with E-state index in [4.69, 9.17) is 4.42 Å². The Morgan fingerprint density at radius 1 is 0.556 bits per heavy atom. The second-order valence-corrected chi connectivity index (χ2v) is 11.2. The third kappa shape index (κ3) is 2.51. The number of para-hydroxylation sites is 3. The van der Waals surface area contributed by atoms with Gasteiger partial charge in [-0.3, -0.25) is 0 Å². The molecule has 2 aromatic heterocycles. The van der Waals surface area contributed by atoms with E-state index in [1.165, 1.54) is 48.1 Å². The van der Waals surface area contributed by atoms with E-state index in [9.17, 15) is 0 Å². The molecule has 3 heteroatoms. The summed E-state index contributed by atoms with van der Waals surface area (Å²) in [5.41, 5.74) is 7.96. The molecule has 36 heavy (non-hydrogen) atoms. The number of rotatable bonds is 1. The molecule has 1 aliphatic rings. The van der Waals surface area contributed by atoms with Crippen molar-refractivity contribution in [2.24, 2.45) is 0 Å². The highest BCUT2D eigenvalue weighted by Crippen LogP contribution is 2.53. The van der Waals surface area contributed by atoms with E-state index in [0.29, 0.717) is 0 Å². The van der Waals surface area contributed by atoms with Gasteiger partial charge in [-0.05, 0) is 47.5 Å². The minimum Gasteiger partial charge on any atom is -0.453 e. The van der Waals surface area contributed by atoms with Gasteiger partial charge in [-0.1, -0.05) is 80.6 Å². The molecule has 0 saturated carbocycles. The fraction of sp³-hybridized carbons (Fsp3) is 0.0909. The van der Waals surface area contributed by atoms with Gasteiger partial charge >= 0.3 is 0 Å². The van der Waals surface area contributed by atoms with Crippen LogP contribution in [0.5, 0.6) is 0 Å². The predicted octanol–water partition coefficient (Wildman–Crippen LogP) is 10.1. The van der Waals surface area contributed by atoms with Crippen LogP contribution < -0.4 is 4.90 Å². The fourth-order valence-corrected chi connectivity index (χ4v) is 7.26. The molecule has 0 unspecified atom stereocenters. The number of thiophene rings is 1. The van der Waals surface area contributed by atoms with Crippen LogP contribution in [0.1, 0.15) is 25.0 Å². The average molecular weight is 482 g/mol. The zero-order chi connectivity index (χ0) is 24.0. The van der Waals surface area contributed by atoms with Crippen LogP contribution in [0.2, 0.25) is 0 Å². The highest BCUT2D eigenvalue weighted by atomic mass is 32.1. The molecule has 172 valence electrons. The normalized spacial score (nSPS) is 14.6. The second kappa shape index (κ2) is 6.99. The van der Waals surface area contributed by atoms with Crippen molar-refractivity contribution in [2.75, 3.05) is 4.90 Å². The third-order valence-corrected chi connectivity index (χ3v) is 9.00. The standard InChI is InChI=1S/C33H23NOS/c1-33(2)23-12-4-6-14-25(23)34(26-15-7-5-13-24(26)33)27-16-9-11-20-21-18-19-29-30(32(21)35-31(20)27)22-10-3-8-17-28(22)36-29/h3-19H,1-2H3. The number of benzene rings is 5. The zero-order valence-electron chi connectivity index (χ0n) is 20.1. The maximum atomic E-state index is 6.86. The molecule has 0 spiro atoms. The van der Waals surface area contributed by atoms with Crippen molar-refractivity contribution in [1.29, 1.82) is 0 Å². The Bertz CT molecular complexity index is 1940. The molecule has 1 aliphatic heterocycles. The van der Waals surface area contributed by atoms with Gasteiger partial charge in [-0.25, -0.2) is 0 Å². The van der Waals surface area contributed by atoms with Gasteiger partial charge in [0.05, 0.1) is 17.1 Å². The minimum atomic E-state index is -0.0901. The summed E-state index contributed by atoms with van der Waals surface area (Å²) < 4.78 is 9.42. The van der Waals surface area contributed by atoms with Crippen molar-refractivity contribution in [2.45, 2.75) is 19.3 Å². The van der Waals surface area contributed by atoms with Crippen molar-refractivity contribution in [3.8, 4) is 0 Å². The Labute approximate surface area is 213 Å². The minimum absolute atomic E-state index is 0.0901. The first kappa shape index (κ1) is 20.1. The number of anilines is 3. The second-order valence-electron chi connectivity index (χ2n) is 10.2. The van der Waals surface area contributed by atoms with Gasteiger partial charge in [0.25, 0.3) is 0 Å². The fourth-order valence-electron chi connectivity index (χ4n) is 6.15. The van der Waals surface area contributed by atoms with Crippen LogP contribution in [0.25, 0.3) is 42.1 Å². The van der Waals surface area contributed by atoms with Gasteiger partial charge in [-0.2, -0.15) is 0 Å². The maximum absolute atomic E-state index is 6.86. The third-order valence-electron chi connectivity index (χ3n) is 7.86. The molecule has 0 radical (unpaired) electrons. The van der Waals surface area contributed by atoms with Crippen LogP contribution in [-0.2, 0) is 5.41 Å². The van der Waals surface area contributed by atoms with Crippen molar-refractivity contribution < 1.29 is 4.42 Å². The van der Waals surface area contributed by atoms with Gasteiger partial charge in [0, 0.05) is 36.4 Å². The topological polar surface area (TPSA) is 16.4 Å². The number of fused-ring (bicyclic) bond motifs is 9. The first-order chi connectivity index (χ1) is 17.6. The van der Waals surface area contributed by atoms with Gasteiger partial charge in [0.2, 0.25) is 0 Å². The summed E-state index contributed by atoms with van der Waals surface area (Å²) in [6.45, 7) is 4.64. The van der Waals surface area contributed by atoms with Gasteiger partial charge in [-0.15, -0.1) is 11.3 Å². The summed E-state index contributed by atoms with van der Waals surface area (Å²) in [5.74, 6) is 0. The number of hydrogen-bond acceptors (Lipinski definition) is 3. The van der Waals surface area contributed by atoms with Crippen LogP contribution in [-0.4, -0.2) is 0 Å². The first-order valence-corrected chi connectivity index (χ1v) is 13.2. The van der Waals surface area contributed by atoms with Crippen molar-refractivity contribution in [1.82, 2.24) is 0 Å². The van der Waals surface area contributed by atoms with E-state index in [2.05, 4.69) is 122 Å². The largest absolute Gasteiger partial charge is 0.453 e. The SMILES string of the molecule is CC1(C)c2ccccc2N(c2cccc3c2oc2c3ccc3sc4ccccc4c32)c2ccccc21. The molecular weight excluding hydrogens is 458 g/mol. The molecule has 0 bridgehead atoms. The van der Waals surface area contributed by atoms with Crippen LogP contribution in [0, 0.1) is 0 Å². The first-order valence-electron chi connectivity index (χ1n) is 12.4. The summed E-state index contributed by atoms with van der Waals surface area (Å²) in [7, 11) is 0. The van der Waals surface area contributed by atoms with Crippen LogP contribution in [0.3, 0.4) is 0 Å². The summed E-state index contributed by atoms with van der Waals surface area (Å²) in [5, 5.41) is 4.80. The van der Waals surface area contributed by atoms with E-state index >= 15 is 0 Å². The number of nitrogens with zero attached hydrogens (tertiary/aromatic N) is 1. The molecule has 0 atom stereocenters. The van der Waals surface area contributed by atoms with E-state index in [1.807, 2.05) is 11.3 Å². The zero-order valence-corrected chi connectivity index (χ0v) is 20.9. The Balaban J connectivity index is 1.49. The lowest BCUT2D eigenvalue weighted by Gasteiger charge is -2.41. The highest BCUT2D eigenvalue weighted by molar-refractivity contribution is 7.26. The molecule has 2 nitrogen and oxygen atoms in total. The average Bonchev–Trinajstić information content (AvgIpc) is 3.48. The van der Waals surface area contributed by atoms with E-state index < -0.39 is 0 Å². The molecule has 3 heterocycles. The monoisotopic (exact) mass is 481 g/mol. The summed E-state index contributed by atoms with van der Waals surface area (Å²) >= 11 is 1.83. The molecular formula is C33H23NOS. The van der Waals surface area contributed by atoms with Gasteiger partial charge in [0.1, 0.15) is 5.58 Å². The summed E-state index contributed by atoms with van der Waals surface area (Å²) in [6, 6.07) is 37.2. The van der Waals surface area contributed by atoms with Crippen LogP contribution >= 0.6 is 11.3 Å². The van der Waals surface area contributed by atoms with Gasteiger partial charge < -0.3 is 9.32 Å². The van der Waals surface area contributed by atoms with Crippen molar-refractivity contribution >= 4 is 70.5 Å². The van der Waals surface area contributed by atoms with Crippen molar-refractivity contribution in [3.63, 3.8) is 0 Å². The Morgan fingerprint density at radius 3 is 1.94 bits per heavy atom. The molecule has 0 amide bonds. The quantitative estimate of drug-likeness (QED) is 0.232. The molecule has 0 saturated heterocycles. The van der Waals surface area contributed by atoms with E-state index in [1.54, 1.807) is 0 Å². The number of hydrogen-bond donors (Lipinski definition) is 0. The predicted molar refractivity (Wildman–Crippen MR) is 153 cm³/mol. The smallest absolute Gasteiger partial charge is 0.159 e. The Morgan fingerprint density at radius 2 is 1.17 bits per heavy atom. The summed E-state index contributed by atoms with van der Waals surface area (Å²) in [4.78, 5) is 2.39. The molecule has 5 aromatic carbocycles. The molecule has 7 aromatic rings. The molecule has 0 N–H and O–H groups in total. The molecule has 8 rings (SSSR count). The lowest BCUT2D eigenvalue weighted by molar-refractivity contribution is 0.630. The van der Waals surface area contributed by atoms with Crippen LogP contribution in [0.15, 0.2) is 108 Å². The maximum Gasteiger partial charge on any atom is 0.159 e. The van der Waals surface area contributed by atoms with Gasteiger partial charge in [0.15, 0.2) is 5.58 Å². The number of furan rings is 1. The Hall–Kier alpha value is -4.08. The molecule has 0 fully saturated rings. The van der Waals surface area contributed by atoms with Crippen molar-refractivity contribution in [3.05, 3.63) is 114 Å². The molecule has 0 aliphatic carbocycles. The summed E-state index contributed by atoms with van der Waals surface area (Å²) in [6.07, 6.45) is 0. The van der Waals surface area contributed by atoms with E-state index in [-0.39, 0.29) is 5.41 Å².